The lowest BCUT2D eigenvalue weighted by Gasteiger charge is -2.26. The highest BCUT2D eigenvalue weighted by molar-refractivity contribution is 5.77. The van der Waals surface area contributed by atoms with Gasteiger partial charge in [-0.15, -0.1) is 0 Å². The number of aliphatic hydroxyl groups is 2. The molecule has 1 amide bonds. The van der Waals surface area contributed by atoms with Gasteiger partial charge in [0.25, 0.3) is 0 Å². The molecule has 0 bridgehead atoms. The minimum absolute atomic E-state index is 0.122. The van der Waals surface area contributed by atoms with Crippen LogP contribution in [0, 0.1) is 5.92 Å². The quantitative estimate of drug-likeness (QED) is 0.540. The summed E-state index contributed by atoms with van der Waals surface area (Å²) in [6, 6.07) is 0. The van der Waals surface area contributed by atoms with Crippen LogP contribution in [-0.2, 0) is 9.53 Å². The zero-order valence-electron chi connectivity index (χ0n) is 9.62. The van der Waals surface area contributed by atoms with Crippen molar-refractivity contribution in [2.24, 2.45) is 5.92 Å². The first-order valence-electron chi connectivity index (χ1n) is 4.99. The van der Waals surface area contributed by atoms with Crippen LogP contribution in [0.2, 0.25) is 0 Å². The number of ether oxygens (including phenoxy) is 1. The second kappa shape index (κ2) is 6.76. The lowest BCUT2D eigenvalue weighted by atomic mass is 10.0. The Hall–Kier alpha value is -0.650. The van der Waals surface area contributed by atoms with Crippen LogP contribution in [0.3, 0.4) is 0 Å². The van der Waals surface area contributed by atoms with Gasteiger partial charge in [0.15, 0.2) is 0 Å². The summed E-state index contributed by atoms with van der Waals surface area (Å²) in [5.41, 5.74) is -0.941. The molecule has 0 aliphatic heterocycles. The fourth-order valence-electron chi connectivity index (χ4n) is 1.18. The number of nitrogens with one attached hydrogen (secondary N) is 1. The average Bonchev–Trinajstić information content (AvgIpc) is 2.17. The Labute approximate surface area is 90.4 Å². The number of carbonyl (C=O) groups is 1. The molecule has 0 radical (unpaired) electrons. The predicted molar refractivity (Wildman–Crippen MR) is 56.4 cm³/mol. The largest absolute Gasteiger partial charge is 0.394 e. The Balaban J connectivity index is 4.02. The van der Waals surface area contributed by atoms with Crippen molar-refractivity contribution in [1.29, 1.82) is 0 Å². The third kappa shape index (κ3) is 5.71. The van der Waals surface area contributed by atoms with E-state index in [1.807, 2.05) is 6.92 Å². The van der Waals surface area contributed by atoms with Crippen LogP contribution in [0.1, 0.15) is 20.3 Å². The molecule has 3 N–H and O–H groups in total. The monoisotopic (exact) mass is 219 g/mol. The summed E-state index contributed by atoms with van der Waals surface area (Å²) in [6.07, 6.45) is 0.323. The van der Waals surface area contributed by atoms with Gasteiger partial charge in [-0.1, -0.05) is 6.92 Å². The molecule has 0 rings (SSSR count). The van der Waals surface area contributed by atoms with E-state index in [1.54, 1.807) is 14.0 Å². The van der Waals surface area contributed by atoms with Crippen molar-refractivity contribution in [3.63, 3.8) is 0 Å². The van der Waals surface area contributed by atoms with Crippen LogP contribution in [0.5, 0.6) is 0 Å². The molecule has 0 aromatic carbocycles. The third-order valence-electron chi connectivity index (χ3n) is 2.12. The molecule has 5 heteroatoms. The molecule has 90 valence electrons. The number of amides is 1. The van der Waals surface area contributed by atoms with Gasteiger partial charge in [-0.05, 0) is 12.8 Å². The summed E-state index contributed by atoms with van der Waals surface area (Å²) in [6.45, 7) is 3.44. The van der Waals surface area contributed by atoms with Crippen LogP contribution >= 0.6 is 0 Å². The van der Waals surface area contributed by atoms with Crippen molar-refractivity contribution < 1.29 is 19.7 Å². The molecule has 0 fully saturated rings. The molecular formula is C10H21NO4. The molecule has 1 unspecified atom stereocenters. The molecular weight excluding hydrogens is 198 g/mol. The maximum Gasteiger partial charge on any atom is 0.220 e. The molecule has 0 spiro atoms. The number of rotatable bonds is 7. The van der Waals surface area contributed by atoms with Gasteiger partial charge in [-0.25, -0.2) is 0 Å². The third-order valence-corrected chi connectivity index (χ3v) is 2.12. The van der Waals surface area contributed by atoms with Crippen molar-refractivity contribution >= 4 is 5.91 Å². The normalized spacial score (nSPS) is 13.7. The maximum atomic E-state index is 11.5. The minimum Gasteiger partial charge on any atom is -0.394 e. The van der Waals surface area contributed by atoms with Crippen molar-refractivity contribution in [1.82, 2.24) is 5.32 Å². The van der Waals surface area contributed by atoms with Gasteiger partial charge in [0.2, 0.25) is 5.91 Å². The van der Waals surface area contributed by atoms with E-state index < -0.39 is 5.54 Å². The Morgan fingerprint density at radius 3 is 2.40 bits per heavy atom. The van der Waals surface area contributed by atoms with Crippen LogP contribution < -0.4 is 5.32 Å². The smallest absolute Gasteiger partial charge is 0.220 e. The summed E-state index contributed by atoms with van der Waals surface area (Å²) in [4.78, 5) is 11.5. The topological polar surface area (TPSA) is 78.8 Å². The van der Waals surface area contributed by atoms with E-state index in [1.165, 1.54) is 0 Å². The minimum atomic E-state index is -0.941. The van der Waals surface area contributed by atoms with Crippen molar-refractivity contribution in [3.05, 3.63) is 0 Å². The van der Waals surface area contributed by atoms with Gasteiger partial charge in [0.05, 0.1) is 18.8 Å². The molecule has 5 nitrogen and oxygen atoms in total. The van der Waals surface area contributed by atoms with Crippen molar-refractivity contribution in [3.8, 4) is 0 Å². The van der Waals surface area contributed by atoms with E-state index in [0.717, 1.165) is 0 Å². The molecule has 0 aliphatic carbocycles. The van der Waals surface area contributed by atoms with Crippen molar-refractivity contribution in [2.45, 2.75) is 25.8 Å². The van der Waals surface area contributed by atoms with Gasteiger partial charge in [-0.2, -0.15) is 0 Å². The fourth-order valence-corrected chi connectivity index (χ4v) is 1.18. The Bertz CT molecular complexity index is 192. The average molecular weight is 219 g/mol. The molecule has 0 saturated heterocycles. The molecule has 0 heterocycles. The fraction of sp³-hybridized carbons (Fsp3) is 0.900. The van der Waals surface area contributed by atoms with E-state index in [2.05, 4.69) is 5.32 Å². The molecule has 0 aromatic rings. The highest BCUT2D eigenvalue weighted by Crippen LogP contribution is 2.06. The summed E-state index contributed by atoms with van der Waals surface area (Å²) in [5.74, 6) is -0.0678. The van der Waals surface area contributed by atoms with Gasteiger partial charge in [0.1, 0.15) is 0 Å². The van der Waals surface area contributed by atoms with E-state index in [0.29, 0.717) is 13.0 Å². The number of carbonyl (C=O) groups excluding carboxylic acids is 1. The molecule has 1 atom stereocenters. The zero-order valence-corrected chi connectivity index (χ0v) is 9.62. The lowest BCUT2D eigenvalue weighted by Crippen LogP contribution is -2.52. The first-order valence-corrected chi connectivity index (χ1v) is 4.99. The van der Waals surface area contributed by atoms with Crippen LogP contribution in [-0.4, -0.2) is 48.6 Å². The lowest BCUT2D eigenvalue weighted by molar-refractivity contribution is -0.125. The number of aliphatic hydroxyl groups excluding tert-OH is 2. The Kier molecular flexibility index (Phi) is 6.47. The second-order valence-corrected chi connectivity index (χ2v) is 4.19. The van der Waals surface area contributed by atoms with Crippen LogP contribution in [0.25, 0.3) is 0 Å². The summed E-state index contributed by atoms with van der Waals surface area (Å²) in [5, 5.41) is 20.5. The standard InChI is InChI=1S/C10H21NO4/c1-8(5-15-3)4-9(14)11-10(2,6-12)7-13/h8,12-13H,4-7H2,1-3H3,(H,11,14). The summed E-state index contributed by atoms with van der Waals surface area (Å²) >= 11 is 0. The van der Waals surface area contributed by atoms with E-state index in [-0.39, 0.29) is 25.0 Å². The summed E-state index contributed by atoms with van der Waals surface area (Å²) < 4.78 is 4.91. The first kappa shape index (κ1) is 14.3. The van der Waals surface area contributed by atoms with Gasteiger partial charge in [0, 0.05) is 20.1 Å². The predicted octanol–water partition coefficient (Wildman–Crippen LogP) is -0.481. The maximum absolute atomic E-state index is 11.5. The molecule has 0 aromatic heterocycles. The number of methoxy groups -OCH3 is 1. The van der Waals surface area contributed by atoms with E-state index >= 15 is 0 Å². The van der Waals surface area contributed by atoms with Gasteiger partial charge < -0.3 is 20.3 Å². The highest BCUT2D eigenvalue weighted by Gasteiger charge is 2.24. The molecule has 0 saturated carbocycles. The van der Waals surface area contributed by atoms with Gasteiger partial charge >= 0.3 is 0 Å². The zero-order chi connectivity index (χ0) is 11.9. The van der Waals surface area contributed by atoms with Crippen LogP contribution in [0.15, 0.2) is 0 Å². The van der Waals surface area contributed by atoms with Crippen LogP contribution in [0.4, 0.5) is 0 Å². The second-order valence-electron chi connectivity index (χ2n) is 4.19. The molecule has 15 heavy (non-hydrogen) atoms. The Morgan fingerprint density at radius 1 is 1.47 bits per heavy atom. The van der Waals surface area contributed by atoms with E-state index in [9.17, 15) is 4.79 Å². The van der Waals surface area contributed by atoms with Crippen molar-refractivity contribution in [2.75, 3.05) is 26.9 Å². The summed E-state index contributed by atoms with van der Waals surface area (Å²) in [7, 11) is 1.58. The SMILES string of the molecule is COCC(C)CC(=O)NC(C)(CO)CO. The first-order chi connectivity index (χ1) is 6.97. The van der Waals surface area contributed by atoms with Gasteiger partial charge in [-0.3, -0.25) is 4.79 Å². The van der Waals surface area contributed by atoms with E-state index in [4.69, 9.17) is 14.9 Å². The Morgan fingerprint density at radius 2 is 2.00 bits per heavy atom. The highest BCUT2D eigenvalue weighted by atomic mass is 16.5. The number of hydrogen-bond donors (Lipinski definition) is 3. The number of hydrogen-bond acceptors (Lipinski definition) is 4. The molecule has 0 aliphatic rings.